The number of halogens is 1. The van der Waals surface area contributed by atoms with Gasteiger partial charge >= 0.3 is 0 Å². The first kappa shape index (κ1) is 22.1. The molecular formula is C17H30IN5OS. The summed E-state index contributed by atoms with van der Waals surface area (Å²) in [7, 11) is 1.71. The first-order valence-electron chi connectivity index (χ1n) is 8.77. The molecule has 0 aromatic carbocycles. The van der Waals surface area contributed by atoms with Crippen LogP contribution in [0, 0.1) is 12.8 Å². The molecule has 1 aromatic rings. The molecular weight excluding hydrogens is 449 g/mol. The molecule has 25 heavy (non-hydrogen) atoms. The van der Waals surface area contributed by atoms with E-state index in [4.69, 9.17) is 4.99 Å². The third-order valence-electron chi connectivity index (χ3n) is 4.26. The molecule has 0 spiro atoms. The van der Waals surface area contributed by atoms with Gasteiger partial charge in [0.2, 0.25) is 5.91 Å². The quantitative estimate of drug-likeness (QED) is 0.374. The molecule has 1 aromatic heterocycles. The average Bonchev–Trinajstić information content (AvgIpc) is 3.00. The third-order valence-corrected chi connectivity index (χ3v) is 5.23. The Morgan fingerprint density at radius 1 is 1.44 bits per heavy atom. The maximum Gasteiger partial charge on any atom is 0.220 e. The Hall–Kier alpha value is -0.900. The number of carbonyl (C=O) groups is 1. The van der Waals surface area contributed by atoms with Crippen molar-refractivity contribution < 1.29 is 4.79 Å². The van der Waals surface area contributed by atoms with E-state index in [9.17, 15) is 4.79 Å². The normalized spacial score (nSPS) is 15.6. The van der Waals surface area contributed by atoms with Crippen molar-refractivity contribution in [1.29, 1.82) is 0 Å². The minimum atomic E-state index is 0. The van der Waals surface area contributed by atoms with Crippen molar-refractivity contribution in [3.63, 3.8) is 0 Å². The fourth-order valence-corrected chi connectivity index (χ4v) is 3.69. The summed E-state index contributed by atoms with van der Waals surface area (Å²) < 4.78 is 0. The van der Waals surface area contributed by atoms with Gasteiger partial charge in [-0.2, -0.15) is 0 Å². The van der Waals surface area contributed by atoms with Crippen molar-refractivity contribution in [3.8, 4) is 0 Å². The Bertz CT molecular complexity index is 555. The van der Waals surface area contributed by atoms with Gasteiger partial charge in [-0.1, -0.05) is 0 Å². The Morgan fingerprint density at radius 2 is 2.16 bits per heavy atom. The average molecular weight is 479 g/mol. The van der Waals surface area contributed by atoms with Gasteiger partial charge in [-0.15, -0.1) is 35.3 Å². The van der Waals surface area contributed by atoms with Gasteiger partial charge in [-0.3, -0.25) is 9.79 Å². The Kier molecular flexibility index (Phi) is 10.3. The summed E-state index contributed by atoms with van der Waals surface area (Å²) in [6.45, 7) is 7.73. The van der Waals surface area contributed by atoms with Gasteiger partial charge in [0.05, 0.1) is 5.01 Å². The number of aryl methyl sites for hydroxylation is 1. The number of thiazole rings is 1. The summed E-state index contributed by atoms with van der Waals surface area (Å²) in [4.78, 5) is 24.2. The lowest BCUT2D eigenvalue weighted by Crippen LogP contribution is -2.46. The number of likely N-dealkylation sites (tertiary alicyclic amines) is 1. The van der Waals surface area contributed by atoms with E-state index < -0.39 is 0 Å². The van der Waals surface area contributed by atoms with Crippen LogP contribution in [0.2, 0.25) is 0 Å². The van der Waals surface area contributed by atoms with Crippen molar-refractivity contribution in [1.82, 2.24) is 20.5 Å². The Labute approximate surface area is 171 Å². The number of guanidine groups is 1. The second-order valence-corrected chi connectivity index (χ2v) is 7.48. The number of amides is 1. The van der Waals surface area contributed by atoms with Gasteiger partial charge in [0.25, 0.3) is 0 Å². The molecule has 1 amide bonds. The van der Waals surface area contributed by atoms with Crippen LogP contribution in [0.15, 0.2) is 11.2 Å². The Balaban J connectivity index is 0.00000312. The summed E-state index contributed by atoms with van der Waals surface area (Å²) in [5.74, 6) is 1.62. The van der Waals surface area contributed by atoms with Crippen molar-refractivity contribution in [2.45, 2.75) is 39.5 Å². The molecule has 2 heterocycles. The zero-order valence-corrected chi connectivity index (χ0v) is 18.5. The van der Waals surface area contributed by atoms with Crippen LogP contribution in [0.4, 0.5) is 0 Å². The van der Waals surface area contributed by atoms with Gasteiger partial charge in [-0.05, 0) is 32.6 Å². The van der Waals surface area contributed by atoms with Crippen LogP contribution in [0.3, 0.4) is 0 Å². The number of aliphatic imine (C=N–C) groups is 1. The maximum atomic E-state index is 11.5. The van der Waals surface area contributed by atoms with E-state index in [1.165, 1.54) is 4.88 Å². The number of carbonyl (C=O) groups excluding carboxylic acids is 1. The van der Waals surface area contributed by atoms with Crippen LogP contribution >= 0.6 is 35.3 Å². The highest BCUT2D eigenvalue weighted by molar-refractivity contribution is 14.0. The maximum absolute atomic E-state index is 11.5. The number of rotatable bonds is 6. The highest BCUT2D eigenvalue weighted by Gasteiger charge is 2.22. The van der Waals surface area contributed by atoms with Crippen LogP contribution in [0.1, 0.15) is 36.1 Å². The van der Waals surface area contributed by atoms with E-state index in [0.717, 1.165) is 56.4 Å². The van der Waals surface area contributed by atoms with Crippen molar-refractivity contribution >= 4 is 47.2 Å². The minimum absolute atomic E-state index is 0. The van der Waals surface area contributed by atoms with E-state index in [0.29, 0.717) is 12.3 Å². The van der Waals surface area contributed by atoms with E-state index in [-0.39, 0.29) is 29.9 Å². The van der Waals surface area contributed by atoms with Crippen LogP contribution in [0.5, 0.6) is 0 Å². The fourth-order valence-electron chi connectivity index (χ4n) is 2.91. The van der Waals surface area contributed by atoms with Gasteiger partial charge in [0.15, 0.2) is 5.96 Å². The highest BCUT2D eigenvalue weighted by atomic mass is 127. The largest absolute Gasteiger partial charge is 0.359 e. The van der Waals surface area contributed by atoms with Gasteiger partial charge in [-0.25, -0.2) is 4.98 Å². The molecule has 0 unspecified atom stereocenters. The zero-order valence-electron chi connectivity index (χ0n) is 15.4. The second-order valence-electron chi connectivity index (χ2n) is 6.16. The Morgan fingerprint density at radius 3 is 2.72 bits per heavy atom. The van der Waals surface area contributed by atoms with Crippen molar-refractivity contribution in [2.24, 2.45) is 10.9 Å². The molecule has 1 saturated heterocycles. The summed E-state index contributed by atoms with van der Waals surface area (Å²) >= 11 is 1.74. The summed E-state index contributed by atoms with van der Waals surface area (Å²) in [5.41, 5.74) is 0. The van der Waals surface area contributed by atoms with Crippen LogP contribution < -0.4 is 10.6 Å². The second kappa shape index (κ2) is 11.7. The van der Waals surface area contributed by atoms with Crippen molar-refractivity contribution in [3.05, 3.63) is 16.1 Å². The monoisotopic (exact) mass is 479 g/mol. The predicted molar refractivity (Wildman–Crippen MR) is 115 cm³/mol. The number of piperidine rings is 1. The lowest BCUT2D eigenvalue weighted by atomic mass is 9.93. The molecule has 6 nitrogen and oxygen atoms in total. The number of hydrogen-bond acceptors (Lipinski definition) is 4. The fraction of sp³-hybridized carbons (Fsp3) is 0.706. The molecule has 2 rings (SSSR count). The number of nitrogens with one attached hydrogen (secondary N) is 2. The van der Waals surface area contributed by atoms with E-state index >= 15 is 0 Å². The third kappa shape index (κ3) is 7.47. The molecule has 1 fully saturated rings. The smallest absolute Gasteiger partial charge is 0.220 e. The van der Waals surface area contributed by atoms with Crippen LogP contribution in [-0.2, 0) is 11.2 Å². The molecule has 0 aliphatic carbocycles. The van der Waals surface area contributed by atoms with Gasteiger partial charge in [0, 0.05) is 57.1 Å². The molecule has 0 radical (unpaired) electrons. The molecule has 2 N–H and O–H groups in total. The van der Waals surface area contributed by atoms with Crippen LogP contribution in [0.25, 0.3) is 0 Å². The summed E-state index contributed by atoms with van der Waals surface area (Å²) in [6.07, 6.45) is 5.54. The molecule has 0 saturated carbocycles. The van der Waals surface area contributed by atoms with E-state index in [1.54, 1.807) is 18.4 Å². The SMILES string of the molecule is CCNC(=NCCc1ncc(C)s1)N1CCC(CC(=O)NC)CC1.I. The molecule has 1 aliphatic heterocycles. The molecule has 0 atom stereocenters. The number of nitrogens with zero attached hydrogens (tertiary/aromatic N) is 3. The van der Waals surface area contributed by atoms with E-state index in [1.807, 2.05) is 6.20 Å². The predicted octanol–water partition coefficient (Wildman–Crippen LogP) is 2.43. The molecule has 1 aliphatic rings. The zero-order chi connectivity index (χ0) is 17.4. The van der Waals surface area contributed by atoms with Crippen molar-refractivity contribution in [2.75, 3.05) is 33.2 Å². The highest BCUT2D eigenvalue weighted by Crippen LogP contribution is 2.20. The number of aromatic nitrogens is 1. The first-order chi connectivity index (χ1) is 11.6. The van der Waals surface area contributed by atoms with Crippen LogP contribution in [-0.4, -0.2) is 55.0 Å². The molecule has 8 heteroatoms. The van der Waals surface area contributed by atoms with E-state index in [2.05, 4.69) is 34.4 Å². The molecule has 142 valence electrons. The lowest BCUT2D eigenvalue weighted by molar-refractivity contribution is -0.121. The van der Waals surface area contributed by atoms with Gasteiger partial charge in [0.1, 0.15) is 0 Å². The van der Waals surface area contributed by atoms with Gasteiger partial charge < -0.3 is 15.5 Å². The molecule has 0 bridgehead atoms. The lowest BCUT2D eigenvalue weighted by Gasteiger charge is -2.34. The standard InChI is InChI=1S/C17H29N5OS.HI/c1-4-19-17(20-8-5-16-21-12-13(2)24-16)22-9-6-14(7-10-22)11-15(23)18-3;/h12,14H,4-11H2,1-3H3,(H,18,23)(H,19,20);1H. The topological polar surface area (TPSA) is 69.6 Å². The summed E-state index contributed by atoms with van der Waals surface area (Å²) in [6, 6.07) is 0. The number of hydrogen-bond donors (Lipinski definition) is 2. The minimum Gasteiger partial charge on any atom is -0.359 e. The first-order valence-corrected chi connectivity index (χ1v) is 9.59. The summed E-state index contributed by atoms with van der Waals surface area (Å²) in [5, 5.41) is 7.26.